The van der Waals surface area contributed by atoms with Gasteiger partial charge < -0.3 is 25.7 Å². The monoisotopic (exact) mass is 313 g/mol. The van der Waals surface area contributed by atoms with Gasteiger partial charge in [-0.2, -0.15) is 0 Å². The van der Waals surface area contributed by atoms with E-state index >= 15 is 0 Å². The summed E-state index contributed by atoms with van der Waals surface area (Å²) >= 11 is 0. The average Bonchev–Trinajstić information content (AvgIpc) is 2.54. The number of anilines is 1. The van der Waals surface area contributed by atoms with E-state index in [4.69, 9.17) is 10.5 Å². The van der Waals surface area contributed by atoms with E-state index in [-0.39, 0.29) is 6.42 Å². The molecule has 1 amide bonds. The van der Waals surface area contributed by atoms with Crippen molar-refractivity contribution in [2.24, 2.45) is 0 Å². The van der Waals surface area contributed by atoms with E-state index in [1.165, 1.54) is 13.2 Å². The van der Waals surface area contributed by atoms with E-state index in [1.807, 2.05) is 6.07 Å². The number of aliphatic carboxylic acids is 1. The number of hydrogen-bond acceptors (Lipinski definition) is 5. The number of hydrogen-bond donors (Lipinski definition) is 2. The number of rotatable bonds is 6. The molecule has 0 saturated heterocycles. The summed E-state index contributed by atoms with van der Waals surface area (Å²) in [6, 6.07) is 12.8. The molecular weight excluding hydrogens is 296 g/mol. The number of carboxylic acids is 1. The number of carboxylic acid groups (broad SMARTS) is 1. The first kappa shape index (κ1) is 16.4. The minimum atomic E-state index is -1.24. The van der Waals surface area contributed by atoms with Crippen LogP contribution in [0, 0.1) is 0 Å². The van der Waals surface area contributed by atoms with Gasteiger partial charge >= 0.3 is 0 Å². The van der Waals surface area contributed by atoms with Gasteiger partial charge in [-0.15, -0.1) is 0 Å². The highest BCUT2D eigenvalue weighted by atomic mass is 16.5. The van der Waals surface area contributed by atoms with Gasteiger partial charge in [0.1, 0.15) is 5.75 Å². The summed E-state index contributed by atoms with van der Waals surface area (Å²) in [5.74, 6) is -1.20. The van der Waals surface area contributed by atoms with E-state index in [1.54, 1.807) is 36.4 Å². The summed E-state index contributed by atoms with van der Waals surface area (Å²) in [6.07, 6.45) is -0.318. The van der Waals surface area contributed by atoms with Crippen molar-refractivity contribution in [3.8, 4) is 5.75 Å². The second-order valence-corrected chi connectivity index (χ2v) is 4.97. The molecule has 2 aromatic rings. The van der Waals surface area contributed by atoms with Crippen LogP contribution in [-0.4, -0.2) is 19.0 Å². The Morgan fingerprint density at radius 3 is 2.48 bits per heavy atom. The molecule has 0 bridgehead atoms. The zero-order chi connectivity index (χ0) is 16.8. The lowest BCUT2D eigenvalue weighted by Gasteiger charge is -2.20. The van der Waals surface area contributed by atoms with Crippen LogP contribution in [0.4, 0.5) is 5.69 Å². The van der Waals surface area contributed by atoms with Gasteiger partial charge in [0.25, 0.3) is 5.91 Å². The van der Waals surface area contributed by atoms with Gasteiger partial charge in [-0.3, -0.25) is 4.79 Å². The molecular formula is C17H17N2O4-. The zero-order valence-corrected chi connectivity index (χ0v) is 12.6. The Morgan fingerprint density at radius 1 is 1.22 bits per heavy atom. The third-order valence-corrected chi connectivity index (χ3v) is 3.37. The topological polar surface area (TPSA) is 104 Å². The Bertz CT molecular complexity index is 701. The van der Waals surface area contributed by atoms with Crippen molar-refractivity contribution in [2.45, 2.75) is 12.5 Å². The molecule has 120 valence electrons. The number of nitrogen functional groups attached to an aromatic ring is 1. The lowest BCUT2D eigenvalue weighted by atomic mass is 10.0. The van der Waals surface area contributed by atoms with Gasteiger partial charge in [-0.05, 0) is 23.8 Å². The van der Waals surface area contributed by atoms with Crippen LogP contribution in [0.15, 0.2) is 48.5 Å². The predicted molar refractivity (Wildman–Crippen MR) is 83.7 cm³/mol. The molecule has 1 unspecified atom stereocenters. The molecule has 0 aliphatic heterocycles. The number of methoxy groups -OCH3 is 1. The Balaban J connectivity index is 2.20. The highest BCUT2D eigenvalue weighted by molar-refractivity contribution is 5.96. The Kier molecular flexibility index (Phi) is 5.19. The summed E-state index contributed by atoms with van der Waals surface area (Å²) in [5, 5.41) is 13.6. The molecule has 0 heterocycles. The molecule has 0 aliphatic rings. The number of amides is 1. The quantitative estimate of drug-likeness (QED) is 0.771. The van der Waals surface area contributed by atoms with E-state index in [0.29, 0.717) is 22.6 Å². The number of carbonyl (C=O) groups excluding carboxylic acids is 2. The molecule has 0 fully saturated rings. The minimum Gasteiger partial charge on any atom is -0.550 e. The molecule has 0 spiro atoms. The van der Waals surface area contributed by atoms with E-state index in [2.05, 4.69) is 5.32 Å². The molecule has 0 aliphatic carbocycles. The smallest absolute Gasteiger partial charge is 0.251 e. The molecule has 2 aromatic carbocycles. The average molecular weight is 313 g/mol. The number of ether oxygens (including phenoxy) is 1. The Hall–Kier alpha value is -3.02. The molecule has 1 atom stereocenters. The normalized spacial score (nSPS) is 11.5. The van der Waals surface area contributed by atoms with Crippen molar-refractivity contribution in [1.29, 1.82) is 0 Å². The summed E-state index contributed by atoms with van der Waals surface area (Å²) in [4.78, 5) is 23.3. The first-order chi connectivity index (χ1) is 11.0. The second kappa shape index (κ2) is 7.31. The molecule has 0 radical (unpaired) electrons. The third kappa shape index (κ3) is 4.23. The third-order valence-electron chi connectivity index (χ3n) is 3.37. The van der Waals surface area contributed by atoms with Gasteiger partial charge in [0.2, 0.25) is 0 Å². The molecule has 6 heteroatoms. The van der Waals surface area contributed by atoms with E-state index in [0.717, 1.165) is 0 Å². The largest absolute Gasteiger partial charge is 0.550 e. The fourth-order valence-electron chi connectivity index (χ4n) is 2.22. The van der Waals surface area contributed by atoms with Crippen molar-refractivity contribution in [2.75, 3.05) is 12.8 Å². The number of nitrogens with two attached hydrogens (primary N) is 1. The van der Waals surface area contributed by atoms with Gasteiger partial charge in [-0.1, -0.05) is 30.3 Å². The fraction of sp³-hybridized carbons (Fsp3) is 0.176. The van der Waals surface area contributed by atoms with Crippen LogP contribution in [0.1, 0.15) is 28.4 Å². The summed E-state index contributed by atoms with van der Waals surface area (Å²) < 4.78 is 5.04. The lowest BCUT2D eigenvalue weighted by Crippen LogP contribution is -2.34. The Labute approximate surface area is 133 Å². The van der Waals surface area contributed by atoms with E-state index in [9.17, 15) is 14.7 Å². The standard InChI is InChI=1S/C17H18N2O4/c1-23-15-8-7-12(9-13(15)18)17(22)19-14(10-16(20)21)11-5-3-2-4-6-11/h2-9,14H,10,18H2,1H3,(H,19,22)(H,20,21)/p-1. The van der Waals surface area contributed by atoms with Crippen LogP contribution in [0.5, 0.6) is 5.75 Å². The van der Waals surface area contributed by atoms with Crippen LogP contribution in [0.3, 0.4) is 0 Å². The number of carbonyl (C=O) groups is 2. The zero-order valence-electron chi connectivity index (χ0n) is 12.6. The molecule has 0 aromatic heterocycles. The fourth-order valence-corrected chi connectivity index (χ4v) is 2.22. The Morgan fingerprint density at radius 2 is 1.91 bits per heavy atom. The van der Waals surface area contributed by atoms with Crippen LogP contribution >= 0.6 is 0 Å². The number of nitrogens with one attached hydrogen (secondary N) is 1. The van der Waals surface area contributed by atoms with Crippen molar-refractivity contribution in [1.82, 2.24) is 5.32 Å². The molecule has 6 nitrogen and oxygen atoms in total. The van der Waals surface area contributed by atoms with Gasteiger partial charge in [0.15, 0.2) is 0 Å². The molecule has 0 saturated carbocycles. The second-order valence-electron chi connectivity index (χ2n) is 4.97. The van der Waals surface area contributed by atoms with Crippen LogP contribution in [0.25, 0.3) is 0 Å². The predicted octanol–water partition coefficient (Wildman–Crippen LogP) is 0.888. The maximum atomic E-state index is 12.3. The lowest BCUT2D eigenvalue weighted by molar-refractivity contribution is -0.306. The molecule has 2 rings (SSSR count). The van der Waals surface area contributed by atoms with Gasteiger partial charge in [-0.25, -0.2) is 0 Å². The van der Waals surface area contributed by atoms with Crippen molar-refractivity contribution >= 4 is 17.6 Å². The van der Waals surface area contributed by atoms with Crippen molar-refractivity contribution < 1.29 is 19.4 Å². The maximum Gasteiger partial charge on any atom is 0.251 e. The summed E-state index contributed by atoms with van der Waals surface area (Å²) in [5.41, 5.74) is 7.12. The van der Waals surface area contributed by atoms with Crippen LogP contribution in [0.2, 0.25) is 0 Å². The SMILES string of the molecule is COc1ccc(C(=O)NC(CC(=O)[O-])c2ccccc2)cc1N. The summed E-state index contributed by atoms with van der Waals surface area (Å²) in [6.45, 7) is 0. The van der Waals surface area contributed by atoms with Gasteiger partial charge in [0.05, 0.1) is 18.8 Å². The van der Waals surface area contributed by atoms with Crippen molar-refractivity contribution in [3.63, 3.8) is 0 Å². The highest BCUT2D eigenvalue weighted by Gasteiger charge is 2.16. The summed E-state index contributed by atoms with van der Waals surface area (Å²) in [7, 11) is 1.48. The number of benzene rings is 2. The first-order valence-electron chi connectivity index (χ1n) is 7.00. The van der Waals surface area contributed by atoms with E-state index < -0.39 is 17.9 Å². The minimum absolute atomic E-state index is 0.318. The first-order valence-corrected chi connectivity index (χ1v) is 7.00. The van der Waals surface area contributed by atoms with Crippen LogP contribution < -0.4 is 20.9 Å². The van der Waals surface area contributed by atoms with Crippen LogP contribution in [-0.2, 0) is 4.79 Å². The van der Waals surface area contributed by atoms with Crippen molar-refractivity contribution in [3.05, 3.63) is 59.7 Å². The highest BCUT2D eigenvalue weighted by Crippen LogP contribution is 2.23. The molecule has 3 N–H and O–H groups in total. The molecule has 23 heavy (non-hydrogen) atoms. The maximum absolute atomic E-state index is 12.3. The van der Waals surface area contributed by atoms with Gasteiger partial charge in [0, 0.05) is 18.0 Å².